The number of hydrogen-bond donors (Lipinski definition) is 0. The van der Waals surface area contributed by atoms with Crippen LogP contribution in [0.3, 0.4) is 0 Å². The van der Waals surface area contributed by atoms with Gasteiger partial charge in [-0.25, -0.2) is 0 Å². The third-order valence-corrected chi connectivity index (χ3v) is 17.2. The summed E-state index contributed by atoms with van der Waals surface area (Å²) in [5.41, 5.74) is 0. The van der Waals surface area contributed by atoms with E-state index in [9.17, 15) is 0 Å². The third kappa shape index (κ3) is 3.50. The normalized spacial score (nSPS) is 31.3. The van der Waals surface area contributed by atoms with Crippen LogP contribution in [-0.2, 0) is 4.43 Å². The van der Waals surface area contributed by atoms with E-state index in [1.54, 1.807) is 0 Å². The second kappa shape index (κ2) is 6.48. The minimum absolute atomic E-state index is 0.132. The van der Waals surface area contributed by atoms with Crippen LogP contribution in [0.4, 0.5) is 0 Å². The van der Waals surface area contributed by atoms with Gasteiger partial charge in [-0.2, -0.15) is 0 Å². The van der Waals surface area contributed by atoms with Crippen LogP contribution in [0.2, 0.25) is 36.8 Å². The van der Waals surface area contributed by atoms with E-state index >= 15 is 0 Å². The fourth-order valence-electron chi connectivity index (χ4n) is 4.25. The zero-order chi connectivity index (χ0) is 16.5. The van der Waals surface area contributed by atoms with E-state index in [2.05, 4.69) is 61.2 Å². The van der Waals surface area contributed by atoms with Crippen LogP contribution in [-0.4, -0.2) is 21.6 Å². The van der Waals surface area contributed by atoms with Crippen LogP contribution in [0.15, 0.2) is 0 Å². The second-order valence-corrected chi connectivity index (χ2v) is 18.3. The van der Waals surface area contributed by atoms with Crippen molar-refractivity contribution in [2.24, 2.45) is 5.92 Å². The van der Waals surface area contributed by atoms with Crippen LogP contribution in [0.5, 0.6) is 0 Å². The fraction of sp³-hybridized carbons (Fsp3) is 1.00. The molecule has 1 fully saturated rings. The summed E-state index contributed by atoms with van der Waals surface area (Å²) in [7, 11) is -2.85. The van der Waals surface area contributed by atoms with Gasteiger partial charge in [-0.15, -0.1) is 0 Å². The summed E-state index contributed by atoms with van der Waals surface area (Å²) in [4.78, 5) is 0. The van der Waals surface area contributed by atoms with Crippen molar-refractivity contribution >= 4 is 16.4 Å². The van der Waals surface area contributed by atoms with E-state index < -0.39 is 16.4 Å². The largest absolute Gasteiger partial charge is 0.414 e. The number of hydrogen-bond acceptors (Lipinski definition) is 1. The molecule has 0 aliphatic carbocycles. The van der Waals surface area contributed by atoms with E-state index in [1.807, 2.05) is 0 Å². The highest BCUT2D eigenvalue weighted by Gasteiger charge is 2.70. The van der Waals surface area contributed by atoms with Crippen molar-refractivity contribution in [2.75, 3.05) is 0 Å². The molecule has 0 aromatic carbocycles. The highest BCUT2D eigenvalue weighted by atomic mass is 28.4. The lowest BCUT2D eigenvalue weighted by Gasteiger charge is -2.44. The standard InChI is InChI=1S/C18H40OSi2/c1-10-13-14-20(7,8)17(5,6)19-21(9)15-18(21,12-3)16(4)11-2/h16H,10-15H2,1-9H3/t16?,18-,21?/m0/s1. The van der Waals surface area contributed by atoms with Crippen molar-refractivity contribution in [1.82, 2.24) is 0 Å². The highest BCUT2D eigenvalue weighted by molar-refractivity contribution is 6.88. The summed E-state index contributed by atoms with van der Waals surface area (Å²) in [5, 5.41) is 0.696. The van der Waals surface area contributed by atoms with Gasteiger partial charge in [0, 0.05) is 5.22 Å². The molecule has 3 heteroatoms. The van der Waals surface area contributed by atoms with Gasteiger partial charge in [0.25, 0.3) is 0 Å². The molecule has 1 heterocycles. The Balaban J connectivity index is 2.85. The summed E-state index contributed by atoms with van der Waals surface area (Å²) in [6.45, 7) is 21.9. The van der Waals surface area contributed by atoms with Crippen LogP contribution in [0, 0.1) is 5.92 Å². The van der Waals surface area contributed by atoms with Gasteiger partial charge < -0.3 is 4.43 Å². The van der Waals surface area contributed by atoms with Crippen molar-refractivity contribution < 1.29 is 4.43 Å². The average molecular weight is 329 g/mol. The van der Waals surface area contributed by atoms with Crippen LogP contribution < -0.4 is 0 Å². The smallest absolute Gasteiger partial charge is 0.196 e. The molecule has 0 bridgehead atoms. The van der Waals surface area contributed by atoms with Gasteiger partial charge in [0.1, 0.15) is 0 Å². The van der Waals surface area contributed by atoms with Gasteiger partial charge >= 0.3 is 0 Å². The molecule has 1 aliphatic rings. The van der Waals surface area contributed by atoms with Crippen molar-refractivity contribution in [2.45, 2.75) is 109 Å². The average Bonchev–Trinajstić information content (AvgIpc) is 3.00. The van der Waals surface area contributed by atoms with E-state index in [1.165, 1.54) is 37.8 Å². The summed E-state index contributed by atoms with van der Waals surface area (Å²) in [6, 6.07) is 2.80. The first-order chi connectivity index (χ1) is 9.52. The maximum Gasteiger partial charge on any atom is 0.196 e. The van der Waals surface area contributed by atoms with Gasteiger partial charge in [-0.1, -0.05) is 72.5 Å². The predicted octanol–water partition coefficient (Wildman–Crippen LogP) is 6.61. The maximum absolute atomic E-state index is 7.03. The van der Waals surface area contributed by atoms with Gasteiger partial charge in [-0.05, 0) is 37.4 Å². The van der Waals surface area contributed by atoms with E-state index in [-0.39, 0.29) is 5.22 Å². The van der Waals surface area contributed by atoms with Gasteiger partial charge in [0.05, 0.1) is 8.07 Å². The molecule has 21 heavy (non-hydrogen) atoms. The Kier molecular flexibility index (Phi) is 6.00. The molecule has 3 atom stereocenters. The Labute approximate surface area is 136 Å². The quantitative estimate of drug-likeness (QED) is 0.432. The summed E-state index contributed by atoms with van der Waals surface area (Å²) in [6.07, 6.45) is 5.30. The molecular weight excluding hydrogens is 288 g/mol. The lowest BCUT2D eigenvalue weighted by molar-refractivity contribution is 0.174. The van der Waals surface area contributed by atoms with Crippen LogP contribution in [0.25, 0.3) is 0 Å². The molecule has 1 rings (SSSR count). The predicted molar refractivity (Wildman–Crippen MR) is 101 cm³/mol. The van der Waals surface area contributed by atoms with Crippen LogP contribution >= 0.6 is 0 Å². The van der Waals surface area contributed by atoms with Crippen molar-refractivity contribution in [3.63, 3.8) is 0 Å². The minimum Gasteiger partial charge on any atom is -0.414 e. The zero-order valence-corrected chi connectivity index (χ0v) is 18.2. The first-order valence-electron chi connectivity index (χ1n) is 9.22. The van der Waals surface area contributed by atoms with E-state index in [0.717, 1.165) is 5.92 Å². The fourth-order valence-corrected chi connectivity index (χ4v) is 13.7. The Hall–Kier alpha value is 0.394. The molecule has 0 spiro atoms. The first kappa shape index (κ1) is 19.4. The first-order valence-corrected chi connectivity index (χ1v) is 15.0. The Morgan fingerprint density at radius 1 is 1.24 bits per heavy atom. The molecule has 0 aromatic heterocycles. The van der Waals surface area contributed by atoms with Crippen LogP contribution in [0.1, 0.15) is 67.2 Å². The molecular formula is C18H40OSi2. The third-order valence-electron chi connectivity index (χ3n) is 7.03. The number of unbranched alkanes of at least 4 members (excludes halogenated alkanes) is 1. The van der Waals surface area contributed by atoms with Crippen molar-refractivity contribution in [3.05, 3.63) is 0 Å². The zero-order valence-electron chi connectivity index (χ0n) is 16.2. The van der Waals surface area contributed by atoms with E-state index in [4.69, 9.17) is 4.43 Å². The lowest BCUT2D eigenvalue weighted by atomic mass is 9.91. The maximum atomic E-state index is 7.03. The molecule has 0 N–H and O–H groups in total. The second-order valence-electron chi connectivity index (χ2n) is 8.83. The van der Waals surface area contributed by atoms with E-state index in [0.29, 0.717) is 5.04 Å². The minimum atomic E-state index is -1.52. The lowest BCUT2D eigenvalue weighted by Crippen LogP contribution is -2.55. The number of rotatable bonds is 9. The molecule has 2 unspecified atom stereocenters. The summed E-state index contributed by atoms with van der Waals surface area (Å²) >= 11 is 0. The molecule has 1 saturated heterocycles. The molecule has 0 aromatic rings. The molecule has 1 aliphatic heterocycles. The topological polar surface area (TPSA) is 9.23 Å². The molecule has 0 amide bonds. The van der Waals surface area contributed by atoms with Gasteiger partial charge in [0.15, 0.2) is 8.32 Å². The highest BCUT2D eigenvalue weighted by Crippen LogP contribution is 2.71. The van der Waals surface area contributed by atoms with Crippen molar-refractivity contribution in [1.29, 1.82) is 0 Å². The monoisotopic (exact) mass is 328 g/mol. The Morgan fingerprint density at radius 3 is 2.24 bits per heavy atom. The molecule has 126 valence electrons. The Morgan fingerprint density at radius 2 is 1.81 bits per heavy atom. The molecule has 0 radical (unpaired) electrons. The summed E-state index contributed by atoms with van der Waals surface area (Å²) < 4.78 is 7.03. The molecule has 0 saturated carbocycles. The molecule has 1 nitrogen and oxygen atoms in total. The van der Waals surface area contributed by atoms with Gasteiger partial charge in [-0.3, -0.25) is 0 Å². The van der Waals surface area contributed by atoms with Crippen molar-refractivity contribution in [3.8, 4) is 0 Å². The Bertz CT molecular complexity index is 353. The SMILES string of the molecule is CCCC[Si](C)(C)C(C)(C)O[Si]1(C)C[C@@]1(CC)C(C)CC. The van der Waals surface area contributed by atoms with Gasteiger partial charge in [0.2, 0.25) is 0 Å². The summed E-state index contributed by atoms with van der Waals surface area (Å²) in [5.74, 6) is 0.829.